The van der Waals surface area contributed by atoms with Gasteiger partial charge in [-0.05, 0) is 86.5 Å². The normalized spacial score (nSPS) is 18.4. The largest absolute Gasteiger partial charge is 0.447 e. The second-order valence-corrected chi connectivity index (χ2v) is 10.3. The summed E-state index contributed by atoms with van der Waals surface area (Å²) in [7, 11) is 0. The molecule has 36 heavy (non-hydrogen) atoms. The monoisotopic (exact) mass is 509 g/mol. The number of aryl methyl sites for hydroxylation is 2. The van der Waals surface area contributed by atoms with Gasteiger partial charge >= 0.3 is 6.09 Å². The molecule has 1 amide bonds. The lowest BCUT2D eigenvalue weighted by Gasteiger charge is -2.29. The van der Waals surface area contributed by atoms with Crippen molar-refractivity contribution in [2.75, 3.05) is 52.5 Å². The number of halogens is 1. The molecule has 6 nitrogen and oxygen atoms in total. The lowest BCUT2D eigenvalue weighted by Crippen LogP contribution is -2.37. The first-order chi connectivity index (χ1) is 17.7. The molecule has 5 rings (SSSR count). The van der Waals surface area contributed by atoms with Crippen molar-refractivity contribution in [3.8, 4) is 0 Å². The number of pyridine rings is 1. The number of fused-ring (bicyclic) bond motifs is 2. The van der Waals surface area contributed by atoms with E-state index in [9.17, 15) is 4.79 Å². The van der Waals surface area contributed by atoms with Crippen LogP contribution in [0.5, 0.6) is 0 Å². The molecule has 3 aliphatic rings. The molecule has 2 saturated heterocycles. The van der Waals surface area contributed by atoms with Gasteiger partial charge in [-0.1, -0.05) is 35.7 Å². The highest BCUT2D eigenvalue weighted by atomic mass is 35.5. The van der Waals surface area contributed by atoms with Gasteiger partial charge in [-0.2, -0.15) is 0 Å². The van der Waals surface area contributed by atoms with Crippen molar-refractivity contribution in [2.24, 2.45) is 0 Å². The fraction of sp³-hybridized carbons (Fsp3) is 0.517. The fourth-order valence-electron chi connectivity index (χ4n) is 5.60. The summed E-state index contributed by atoms with van der Waals surface area (Å²) in [6.45, 7) is 6.06. The van der Waals surface area contributed by atoms with Gasteiger partial charge in [0.15, 0.2) is 0 Å². The van der Waals surface area contributed by atoms with Crippen molar-refractivity contribution >= 4 is 23.3 Å². The zero-order chi connectivity index (χ0) is 24.7. The summed E-state index contributed by atoms with van der Waals surface area (Å²) in [5.74, 6) is 0. The highest BCUT2D eigenvalue weighted by Crippen LogP contribution is 2.38. The molecular weight excluding hydrogens is 474 g/mol. The minimum absolute atomic E-state index is 0.245. The Morgan fingerprint density at radius 1 is 0.917 bits per heavy atom. The number of rotatable bonds is 6. The van der Waals surface area contributed by atoms with Crippen molar-refractivity contribution < 1.29 is 14.3 Å². The molecule has 0 unspecified atom stereocenters. The Morgan fingerprint density at radius 2 is 1.72 bits per heavy atom. The number of aromatic nitrogens is 1. The quantitative estimate of drug-likeness (QED) is 0.490. The maximum atomic E-state index is 12.6. The van der Waals surface area contributed by atoms with Crippen LogP contribution in [0, 0.1) is 0 Å². The van der Waals surface area contributed by atoms with Gasteiger partial charge in [-0.25, -0.2) is 4.79 Å². The number of likely N-dealkylation sites (tertiary alicyclic amines) is 2. The van der Waals surface area contributed by atoms with E-state index in [0.29, 0.717) is 32.9 Å². The van der Waals surface area contributed by atoms with E-state index >= 15 is 0 Å². The third-order valence-corrected chi connectivity index (χ3v) is 7.80. The molecule has 0 saturated carbocycles. The number of amides is 1. The van der Waals surface area contributed by atoms with Crippen LogP contribution in [0.4, 0.5) is 4.79 Å². The number of hydrogen-bond acceptors (Lipinski definition) is 5. The molecule has 2 aromatic rings. The molecule has 2 fully saturated rings. The minimum Gasteiger partial charge on any atom is -0.447 e. The average molecular weight is 510 g/mol. The summed E-state index contributed by atoms with van der Waals surface area (Å²) >= 11 is 6.33. The Morgan fingerprint density at radius 3 is 2.56 bits per heavy atom. The second kappa shape index (κ2) is 12.2. The first-order valence-electron chi connectivity index (χ1n) is 13.4. The van der Waals surface area contributed by atoms with Crippen LogP contribution >= 0.6 is 11.6 Å². The third kappa shape index (κ3) is 6.10. The van der Waals surface area contributed by atoms with Crippen molar-refractivity contribution in [3.05, 3.63) is 69.5 Å². The maximum absolute atomic E-state index is 12.6. The van der Waals surface area contributed by atoms with Crippen molar-refractivity contribution in [3.63, 3.8) is 0 Å². The van der Waals surface area contributed by atoms with E-state index in [1.807, 2.05) is 23.2 Å². The predicted molar refractivity (Wildman–Crippen MR) is 142 cm³/mol. The standard InChI is InChI=1S/C29H36ClN3O3/c30-25-8-9-26-24(21-25)7-6-23-5-4-12-31-28(23)27(26)22-10-15-33(16-11-22)29(34)36-20-19-35-18-17-32-13-2-1-3-14-32/h4-5,8-9,12,21H,1-3,6-7,10-11,13-20H2. The highest BCUT2D eigenvalue weighted by Gasteiger charge is 2.27. The SMILES string of the molecule is O=C(OCCOCCN1CCCCC1)N1CCC(=C2c3ccc(Cl)cc3CCc3cccnc32)CC1. The molecule has 0 radical (unpaired) electrons. The van der Waals surface area contributed by atoms with Gasteiger partial charge in [0.25, 0.3) is 0 Å². The Hall–Kier alpha value is -2.41. The number of hydrogen-bond donors (Lipinski definition) is 0. The molecule has 3 heterocycles. The van der Waals surface area contributed by atoms with Crippen molar-refractivity contribution in [1.29, 1.82) is 0 Å². The first-order valence-corrected chi connectivity index (χ1v) is 13.7. The molecule has 2 aliphatic heterocycles. The number of piperidine rings is 2. The Kier molecular flexibility index (Phi) is 8.57. The molecular formula is C29H36ClN3O3. The summed E-state index contributed by atoms with van der Waals surface area (Å²) in [4.78, 5) is 21.7. The van der Waals surface area contributed by atoms with Gasteiger partial charge in [-0.15, -0.1) is 0 Å². The molecule has 1 aromatic heterocycles. The molecule has 1 aliphatic carbocycles. The minimum atomic E-state index is -0.245. The van der Waals surface area contributed by atoms with Gasteiger partial charge in [-0.3, -0.25) is 4.98 Å². The van der Waals surface area contributed by atoms with E-state index in [-0.39, 0.29) is 6.09 Å². The zero-order valence-electron chi connectivity index (χ0n) is 21.0. The van der Waals surface area contributed by atoms with Crippen LogP contribution in [0.2, 0.25) is 5.02 Å². The maximum Gasteiger partial charge on any atom is 0.409 e. The van der Waals surface area contributed by atoms with Crippen LogP contribution in [0.1, 0.15) is 54.5 Å². The second-order valence-electron chi connectivity index (χ2n) is 9.91. The van der Waals surface area contributed by atoms with Crippen LogP contribution in [-0.2, 0) is 22.3 Å². The topological polar surface area (TPSA) is 54.9 Å². The number of ether oxygens (including phenoxy) is 2. The lowest BCUT2D eigenvalue weighted by molar-refractivity contribution is 0.0438. The van der Waals surface area contributed by atoms with Crippen molar-refractivity contribution in [1.82, 2.24) is 14.8 Å². The number of nitrogens with zero attached hydrogens (tertiary/aromatic N) is 3. The molecule has 0 bridgehead atoms. The zero-order valence-corrected chi connectivity index (χ0v) is 21.8. The summed E-state index contributed by atoms with van der Waals surface area (Å²) in [6.07, 6.45) is 9.08. The lowest BCUT2D eigenvalue weighted by atomic mass is 9.88. The number of carbonyl (C=O) groups excluding carboxylic acids is 1. The third-order valence-electron chi connectivity index (χ3n) is 7.56. The van der Waals surface area contributed by atoms with Gasteiger partial charge in [0, 0.05) is 36.4 Å². The number of benzene rings is 1. The Bertz CT molecular complexity index is 1090. The summed E-state index contributed by atoms with van der Waals surface area (Å²) in [5, 5.41) is 0.769. The van der Waals surface area contributed by atoms with E-state index in [0.717, 1.165) is 42.9 Å². The van der Waals surface area contributed by atoms with Crippen LogP contribution in [-0.4, -0.2) is 73.4 Å². The molecule has 192 valence electrons. The number of carbonyl (C=O) groups is 1. The summed E-state index contributed by atoms with van der Waals surface area (Å²) < 4.78 is 11.2. The van der Waals surface area contributed by atoms with Crippen LogP contribution in [0.3, 0.4) is 0 Å². The van der Waals surface area contributed by atoms with Gasteiger partial charge in [0.05, 0.1) is 18.9 Å². The van der Waals surface area contributed by atoms with Crippen LogP contribution in [0.15, 0.2) is 42.1 Å². The first kappa shape index (κ1) is 25.2. The molecule has 0 N–H and O–H groups in total. The molecule has 0 spiro atoms. The van der Waals surface area contributed by atoms with Crippen LogP contribution < -0.4 is 0 Å². The van der Waals surface area contributed by atoms with Gasteiger partial charge < -0.3 is 19.3 Å². The van der Waals surface area contributed by atoms with E-state index < -0.39 is 0 Å². The summed E-state index contributed by atoms with van der Waals surface area (Å²) in [5.41, 5.74) is 7.42. The Balaban J connectivity index is 1.16. The Labute approximate surface area is 219 Å². The van der Waals surface area contributed by atoms with E-state index in [1.54, 1.807) is 0 Å². The molecule has 0 atom stereocenters. The van der Waals surface area contributed by atoms with E-state index in [2.05, 4.69) is 23.1 Å². The molecule has 7 heteroatoms. The van der Waals surface area contributed by atoms with Crippen molar-refractivity contribution in [2.45, 2.75) is 44.9 Å². The average Bonchev–Trinajstić information content (AvgIpc) is 3.08. The summed E-state index contributed by atoms with van der Waals surface area (Å²) in [6, 6.07) is 10.4. The fourth-order valence-corrected chi connectivity index (χ4v) is 5.80. The highest BCUT2D eigenvalue weighted by molar-refractivity contribution is 6.30. The smallest absolute Gasteiger partial charge is 0.409 e. The van der Waals surface area contributed by atoms with Gasteiger partial charge in [0.1, 0.15) is 6.61 Å². The van der Waals surface area contributed by atoms with E-state index in [4.69, 9.17) is 26.1 Å². The van der Waals surface area contributed by atoms with E-state index in [1.165, 1.54) is 60.2 Å². The van der Waals surface area contributed by atoms with Crippen LogP contribution in [0.25, 0.3) is 5.57 Å². The van der Waals surface area contributed by atoms with Gasteiger partial charge in [0.2, 0.25) is 0 Å². The molecule has 1 aromatic carbocycles. The predicted octanol–water partition coefficient (Wildman–Crippen LogP) is 5.37.